The van der Waals surface area contributed by atoms with Gasteiger partial charge in [0.2, 0.25) is 0 Å². The van der Waals surface area contributed by atoms with Crippen LogP contribution in [0.1, 0.15) is 35.7 Å². The van der Waals surface area contributed by atoms with Gasteiger partial charge in [0.25, 0.3) is 5.91 Å². The number of hydrogen-bond donors (Lipinski definition) is 5. The molecule has 0 bridgehead atoms. The number of nitrogens with zero attached hydrogens (tertiary/aromatic N) is 4. The summed E-state index contributed by atoms with van der Waals surface area (Å²) in [6.45, 7) is 0.993. The highest BCUT2D eigenvalue weighted by Crippen LogP contribution is 2.32. The molecule has 1 fully saturated rings. The third-order valence-electron chi connectivity index (χ3n) is 5.67. The number of imidazole rings is 1. The second-order valence-electron chi connectivity index (χ2n) is 7.81. The Bertz CT molecular complexity index is 1090. The first-order valence-corrected chi connectivity index (χ1v) is 10.5. The molecule has 11 nitrogen and oxygen atoms in total. The second kappa shape index (κ2) is 9.47. The minimum Gasteiger partial charge on any atom is -0.494 e. The maximum atomic E-state index is 12.9. The zero-order valence-electron chi connectivity index (χ0n) is 17.5. The summed E-state index contributed by atoms with van der Waals surface area (Å²) >= 11 is 0. The molecule has 3 aromatic rings. The van der Waals surface area contributed by atoms with Crippen molar-refractivity contribution in [2.45, 2.75) is 43.6 Å². The van der Waals surface area contributed by atoms with Crippen molar-refractivity contribution in [2.24, 2.45) is 5.73 Å². The Balaban J connectivity index is 1.51. The minimum absolute atomic E-state index is 0.215. The fourth-order valence-corrected chi connectivity index (χ4v) is 4.01. The Morgan fingerprint density at radius 3 is 2.91 bits per heavy atom. The summed E-state index contributed by atoms with van der Waals surface area (Å²) in [5.41, 5.74) is 12.5. The molecule has 0 saturated heterocycles. The van der Waals surface area contributed by atoms with E-state index in [1.807, 2.05) is 0 Å². The van der Waals surface area contributed by atoms with Crippen molar-refractivity contribution < 1.29 is 19.7 Å². The summed E-state index contributed by atoms with van der Waals surface area (Å²) in [5, 5.41) is 24.6. The number of nitrogen functional groups attached to an aromatic ring is 1. The van der Waals surface area contributed by atoms with Gasteiger partial charge in [0.1, 0.15) is 17.6 Å². The number of ether oxygens (including phenoxy) is 1. The van der Waals surface area contributed by atoms with Crippen LogP contribution in [-0.2, 0) is 0 Å². The van der Waals surface area contributed by atoms with Crippen molar-refractivity contribution in [1.82, 2.24) is 24.8 Å². The van der Waals surface area contributed by atoms with Crippen LogP contribution in [0.3, 0.4) is 0 Å². The van der Waals surface area contributed by atoms with Crippen molar-refractivity contribution in [3.05, 3.63) is 42.5 Å². The molecule has 2 heterocycles. The normalized spacial score (nSPS) is 23.2. The largest absolute Gasteiger partial charge is 0.494 e. The van der Waals surface area contributed by atoms with Crippen LogP contribution in [0, 0.1) is 0 Å². The number of carbonyl (C=O) groups is 1. The lowest BCUT2D eigenvalue weighted by molar-refractivity contribution is -0.0323. The quantitative estimate of drug-likeness (QED) is 0.316. The van der Waals surface area contributed by atoms with Crippen LogP contribution < -0.4 is 21.5 Å². The molecule has 1 aliphatic rings. The van der Waals surface area contributed by atoms with Gasteiger partial charge in [-0.15, -0.1) is 0 Å². The summed E-state index contributed by atoms with van der Waals surface area (Å²) in [6.07, 6.45) is 2.38. The van der Waals surface area contributed by atoms with E-state index in [1.54, 1.807) is 28.8 Å². The van der Waals surface area contributed by atoms with Gasteiger partial charge in [0.05, 0.1) is 37.2 Å². The molecule has 4 atom stereocenters. The lowest BCUT2D eigenvalue weighted by Gasteiger charge is -2.39. The second-order valence-corrected chi connectivity index (χ2v) is 7.81. The van der Waals surface area contributed by atoms with Crippen LogP contribution in [0.4, 0.5) is 5.82 Å². The average molecular weight is 441 g/mol. The number of fused-ring (bicyclic) bond motifs is 1. The van der Waals surface area contributed by atoms with Crippen molar-refractivity contribution in [2.75, 3.05) is 18.9 Å². The van der Waals surface area contributed by atoms with Crippen LogP contribution in [-0.4, -0.2) is 67.0 Å². The van der Waals surface area contributed by atoms with E-state index in [-0.39, 0.29) is 11.7 Å². The van der Waals surface area contributed by atoms with Gasteiger partial charge >= 0.3 is 0 Å². The highest BCUT2D eigenvalue weighted by molar-refractivity contribution is 5.94. The maximum absolute atomic E-state index is 12.9. The maximum Gasteiger partial charge on any atom is 0.251 e. The highest BCUT2D eigenvalue weighted by Gasteiger charge is 2.40. The average Bonchev–Trinajstić information content (AvgIpc) is 3.21. The molecule has 2 aromatic heterocycles. The van der Waals surface area contributed by atoms with Gasteiger partial charge in [-0.05, 0) is 44.0 Å². The molecular weight excluding hydrogens is 414 g/mol. The van der Waals surface area contributed by atoms with Crippen LogP contribution in [0.25, 0.3) is 11.2 Å². The Hall–Kier alpha value is -3.28. The fourth-order valence-electron chi connectivity index (χ4n) is 4.01. The van der Waals surface area contributed by atoms with E-state index in [0.29, 0.717) is 54.9 Å². The molecule has 1 amide bonds. The predicted molar refractivity (Wildman–Crippen MR) is 117 cm³/mol. The van der Waals surface area contributed by atoms with Gasteiger partial charge in [-0.25, -0.2) is 15.0 Å². The molecule has 0 aliphatic heterocycles. The van der Waals surface area contributed by atoms with Gasteiger partial charge < -0.3 is 36.3 Å². The molecule has 11 heteroatoms. The number of amides is 1. The molecule has 32 heavy (non-hydrogen) atoms. The number of hydrogen-bond acceptors (Lipinski definition) is 9. The van der Waals surface area contributed by atoms with Gasteiger partial charge in [-0.2, -0.15) is 0 Å². The monoisotopic (exact) mass is 441 g/mol. The fraction of sp³-hybridized carbons (Fsp3) is 0.429. The molecular formula is C21H27N7O4. The molecule has 170 valence electrons. The highest BCUT2D eigenvalue weighted by atomic mass is 16.5. The van der Waals surface area contributed by atoms with E-state index in [9.17, 15) is 15.0 Å². The van der Waals surface area contributed by atoms with Crippen LogP contribution in [0.5, 0.6) is 5.75 Å². The number of benzene rings is 1. The predicted octanol–water partition coefficient (Wildman–Crippen LogP) is -0.00860. The molecule has 7 N–H and O–H groups in total. The van der Waals surface area contributed by atoms with E-state index in [2.05, 4.69) is 20.3 Å². The zero-order chi connectivity index (χ0) is 22.7. The Morgan fingerprint density at radius 1 is 1.25 bits per heavy atom. The van der Waals surface area contributed by atoms with E-state index in [0.717, 1.165) is 0 Å². The first-order chi connectivity index (χ1) is 15.5. The van der Waals surface area contributed by atoms with E-state index < -0.39 is 24.3 Å². The molecule has 0 radical (unpaired) electrons. The van der Waals surface area contributed by atoms with Crippen molar-refractivity contribution in [3.8, 4) is 5.75 Å². The topological polar surface area (TPSA) is 174 Å². The van der Waals surface area contributed by atoms with E-state index in [1.165, 1.54) is 12.7 Å². The number of carbonyl (C=O) groups excluding carboxylic acids is 1. The summed E-state index contributed by atoms with van der Waals surface area (Å²) in [5.74, 6) is 0.452. The molecule has 0 unspecified atom stereocenters. The van der Waals surface area contributed by atoms with Crippen molar-refractivity contribution >= 4 is 22.9 Å². The number of aliphatic hydroxyl groups excluding tert-OH is 2. The van der Waals surface area contributed by atoms with Crippen LogP contribution in [0.15, 0.2) is 36.9 Å². The third-order valence-corrected chi connectivity index (χ3v) is 5.67. The third kappa shape index (κ3) is 4.35. The smallest absolute Gasteiger partial charge is 0.251 e. The van der Waals surface area contributed by atoms with Crippen molar-refractivity contribution in [1.29, 1.82) is 0 Å². The summed E-state index contributed by atoms with van der Waals surface area (Å²) < 4.78 is 7.19. The molecule has 1 aliphatic carbocycles. The van der Waals surface area contributed by atoms with Crippen molar-refractivity contribution in [3.63, 3.8) is 0 Å². The standard InChI is InChI=1S/C21H27N7O4/c22-7-2-8-32-13-4-1-3-12(9-13)21(31)27-14-5-6-15(29)17(18(14)30)28-11-26-16-19(23)24-10-25-20(16)28/h1,3-4,9-11,14-15,17-18,29-30H,2,5-8,22H2,(H,27,31)(H2,23,24,25)/t14-,15+,17-,18-/m1/s1. The lowest BCUT2D eigenvalue weighted by Crippen LogP contribution is -2.53. The summed E-state index contributed by atoms with van der Waals surface area (Å²) in [4.78, 5) is 25.2. The molecule has 1 aromatic carbocycles. The Kier molecular flexibility index (Phi) is 6.49. The summed E-state index contributed by atoms with van der Waals surface area (Å²) in [6, 6.07) is 5.51. The summed E-state index contributed by atoms with van der Waals surface area (Å²) in [7, 11) is 0. The number of aliphatic hydroxyl groups is 2. The van der Waals surface area contributed by atoms with Crippen LogP contribution in [0.2, 0.25) is 0 Å². The zero-order valence-corrected chi connectivity index (χ0v) is 17.5. The SMILES string of the molecule is NCCCOc1cccc(C(=O)N[C@@H]2CC[C@H](O)[C@@H](n3cnc4c(N)ncnc43)[C@@H]2O)c1. The Labute approximate surface area is 184 Å². The van der Waals surface area contributed by atoms with Gasteiger partial charge in [-0.3, -0.25) is 4.79 Å². The van der Waals surface area contributed by atoms with Gasteiger partial charge in [0.15, 0.2) is 11.5 Å². The van der Waals surface area contributed by atoms with E-state index >= 15 is 0 Å². The van der Waals surface area contributed by atoms with E-state index in [4.69, 9.17) is 16.2 Å². The number of anilines is 1. The van der Waals surface area contributed by atoms with Crippen LogP contribution >= 0.6 is 0 Å². The number of nitrogens with two attached hydrogens (primary N) is 2. The molecule has 4 rings (SSSR count). The molecule has 0 spiro atoms. The number of rotatable bonds is 7. The minimum atomic E-state index is -1.07. The number of aromatic nitrogens is 4. The first-order valence-electron chi connectivity index (χ1n) is 10.5. The van der Waals surface area contributed by atoms with Gasteiger partial charge in [0, 0.05) is 5.56 Å². The lowest BCUT2D eigenvalue weighted by atomic mass is 9.85. The Morgan fingerprint density at radius 2 is 2.09 bits per heavy atom. The first kappa shape index (κ1) is 21.9. The van der Waals surface area contributed by atoms with Gasteiger partial charge in [-0.1, -0.05) is 6.07 Å². The number of nitrogens with one attached hydrogen (secondary N) is 1. The molecule has 1 saturated carbocycles.